The third kappa shape index (κ3) is 4.58. The summed E-state index contributed by atoms with van der Waals surface area (Å²) in [6.45, 7) is 0.287. The molecule has 84 valence electrons. The maximum Gasteiger partial charge on any atom is 0.316 e. The largest absolute Gasteiger partial charge is 0.481 e. The number of primary amides is 1. The molecule has 0 spiro atoms. The van der Waals surface area contributed by atoms with Crippen molar-refractivity contribution in [3.05, 3.63) is 24.3 Å². The summed E-state index contributed by atoms with van der Waals surface area (Å²) in [6, 6.07) is 6.22. The van der Waals surface area contributed by atoms with Gasteiger partial charge in [0.2, 0.25) is 0 Å². The highest BCUT2D eigenvalue weighted by Crippen LogP contribution is 2.15. The van der Waals surface area contributed by atoms with Crippen molar-refractivity contribution >= 4 is 23.3 Å². The number of alkyl halides is 1. The Hall–Kier alpha value is -1.86. The molecule has 0 atom stereocenters. The van der Waals surface area contributed by atoms with Gasteiger partial charge in [-0.05, 0) is 24.3 Å². The highest BCUT2D eigenvalue weighted by Gasteiger charge is 1.96. The third-order valence-electron chi connectivity index (χ3n) is 1.62. The SMILES string of the molecule is NC(=O)Nc1ccc(OCC#CCCl)cc1. The van der Waals surface area contributed by atoms with Crippen LogP contribution in [0.25, 0.3) is 0 Å². The van der Waals surface area contributed by atoms with Crippen molar-refractivity contribution in [2.24, 2.45) is 5.73 Å². The fourth-order valence-electron chi connectivity index (χ4n) is 0.994. The van der Waals surface area contributed by atoms with Gasteiger partial charge < -0.3 is 15.8 Å². The van der Waals surface area contributed by atoms with Crippen molar-refractivity contribution in [1.82, 2.24) is 0 Å². The average Bonchev–Trinajstić information content (AvgIpc) is 2.26. The van der Waals surface area contributed by atoms with Crippen molar-refractivity contribution in [2.45, 2.75) is 0 Å². The molecule has 0 radical (unpaired) electrons. The summed E-state index contributed by atoms with van der Waals surface area (Å²) in [5.41, 5.74) is 5.58. The van der Waals surface area contributed by atoms with Crippen LogP contribution in [0.2, 0.25) is 0 Å². The second-order valence-corrected chi connectivity index (χ2v) is 3.06. The molecule has 4 nitrogen and oxygen atoms in total. The van der Waals surface area contributed by atoms with Crippen LogP contribution >= 0.6 is 11.6 Å². The van der Waals surface area contributed by atoms with Gasteiger partial charge in [-0.3, -0.25) is 0 Å². The Labute approximate surface area is 98.7 Å². The maximum absolute atomic E-state index is 10.5. The van der Waals surface area contributed by atoms with E-state index in [0.717, 1.165) is 0 Å². The van der Waals surface area contributed by atoms with Gasteiger partial charge in [0.15, 0.2) is 0 Å². The van der Waals surface area contributed by atoms with E-state index >= 15 is 0 Å². The Kier molecular flexibility index (Phi) is 5.03. The molecule has 0 heterocycles. The minimum absolute atomic E-state index is 0.287. The lowest BCUT2D eigenvalue weighted by molar-refractivity contribution is 0.259. The number of nitrogens with two attached hydrogens (primary N) is 1. The van der Waals surface area contributed by atoms with E-state index in [9.17, 15) is 4.79 Å². The quantitative estimate of drug-likeness (QED) is 0.623. The van der Waals surface area contributed by atoms with Gasteiger partial charge >= 0.3 is 6.03 Å². The number of ether oxygens (including phenoxy) is 1. The van der Waals surface area contributed by atoms with Crippen molar-refractivity contribution in [2.75, 3.05) is 17.8 Å². The molecule has 0 fully saturated rings. The fraction of sp³-hybridized carbons (Fsp3) is 0.182. The topological polar surface area (TPSA) is 64.4 Å². The lowest BCUT2D eigenvalue weighted by Gasteiger charge is -2.04. The van der Waals surface area contributed by atoms with Crippen molar-refractivity contribution < 1.29 is 9.53 Å². The zero-order valence-corrected chi connectivity index (χ0v) is 9.25. The van der Waals surface area contributed by atoms with Crippen LogP contribution in [-0.2, 0) is 0 Å². The fourth-order valence-corrected chi connectivity index (χ4v) is 1.09. The number of rotatable bonds is 3. The number of hydrogen-bond acceptors (Lipinski definition) is 2. The van der Waals surface area contributed by atoms with E-state index in [-0.39, 0.29) is 6.61 Å². The van der Waals surface area contributed by atoms with Crippen LogP contribution in [0.15, 0.2) is 24.3 Å². The van der Waals surface area contributed by atoms with Gasteiger partial charge in [-0.15, -0.1) is 11.6 Å². The van der Waals surface area contributed by atoms with Gasteiger partial charge in [0.05, 0.1) is 5.88 Å². The standard InChI is InChI=1S/C11H11ClN2O2/c12-7-1-2-8-16-10-5-3-9(4-6-10)14-11(13)15/h3-6H,7-8H2,(H3,13,14,15). The highest BCUT2D eigenvalue weighted by molar-refractivity contribution is 6.19. The zero-order valence-electron chi connectivity index (χ0n) is 8.50. The third-order valence-corrected chi connectivity index (χ3v) is 1.76. The number of benzene rings is 1. The minimum Gasteiger partial charge on any atom is -0.481 e. The van der Waals surface area contributed by atoms with E-state index in [4.69, 9.17) is 22.1 Å². The van der Waals surface area contributed by atoms with E-state index in [0.29, 0.717) is 17.3 Å². The Morgan fingerprint density at radius 3 is 2.62 bits per heavy atom. The average molecular weight is 239 g/mol. The molecule has 0 aliphatic carbocycles. The number of amides is 2. The molecule has 3 N–H and O–H groups in total. The van der Waals surface area contributed by atoms with Gasteiger partial charge in [0.25, 0.3) is 0 Å². The molecular formula is C11H11ClN2O2. The van der Waals surface area contributed by atoms with Crippen molar-refractivity contribution in [3.63, 3.8) is 0 Å². The summed E-state index contributed by atoms with van der Waals surface area (Å²) in [4.78, 5) is 10.5. The van der Waals surface area contributed by atoms with Crippen LogP contribution in [0.5, 0.6) is 5.75 Å². The highest BCUT2D eigenvalue weighted by atomic mass is 35.5. The number of carbonyl (C=O) groups excluding carboxylic acids is 1. The first-order valence-corrected chi connectivity index (χ1v) is 5.07. The van der Waals surface area contributed by atoms with Crippen LogP contribution in [0, 0.1) is 11.8 Å². The number of nitrogens with one attached hydrogen (secondary N) is 1. The summed E-state index contributed by atoms with van der Waals surface area (Å²) >= 11 is 5.37. The molecule has 1 rings (SSSR count). The van der Waals surface area contributed by atoms with Crippen LogP contribution in [-0.4, -0.2) is 18.5 Å². The maximum atomic E-state index is 10.5. The number of anilines is 1. The summed E-state index contributed by atoms with van der Waals surface area (Å²) in [5.74, 6) is 6.37. The predicted molar refractivity (Wildman–Crippen MR) is 63.6 cm³/mol. The molecule has 2 amide bonds. The van der Waals surface area contributed by atoms with Gasteiger partial charge in [-0.25, -0.2) is 4.79 Å². The molecule has 1 aromatic carbocycles. The molecule has 5 heteroatoms. The van der Waals surface area contributed by atoms with Crippen LogP contribution in [0.3, 0.4) is 0 Å². The molecule has 1 aromatic rings. The summed E-state index contributed by atoms with van der Waals surface area (Å²) in [6.07, 6.45) is 0. The van der Waals surface area contributed by atoms with E-state index < -0.39 is 6.03 Å². The Morgan fingerprint density at radius 1 is 1.38 bits per heavy atom. The van der Waals surface area contributed by atoms with Crippen LogP contribution in [0.4, 0.5) is 10.5 Å². The monoisotopic (exact) mass is 238 g/mol. The molecule has 0 bridgehead atoms. The Bertz CT molecular complexity index is 406. The number of urea groups is 1. The molecule has 0 unspecified atom stereocenters. The molecule has 0 aliphatic heterocycles. The first kappa shape index (κ1) is 12.2. The molecular weight excluding hydrogens is 228 g/mol. The van der Waals surface area contributed by atoms with Crippen LogP contribution < -0.4 is 15.8 Å². The van der Waals surface area contributed by atoms with Gasteiger partial charge in [0.1, 0.15) is 12.4 Å². The van der Waals surface area contributed by atoms with E-state index in [1.54, 1.807) is 24.3 Å². The van der Waals surface area contributed by atoms with Crippen molar-refractivity contribution in [1.29, 1.82) is 0 Å². The predicted octanol–water partition coefficient (Wildman–Crippen LogP) is 1.80. The summed E-state index contributed by atoms with van der Waals surface area (Å²) < 4.78 is 5.29. The van der Waals surface area contributed by atoms with E-state index in [1.807, 2.05) is 0 Å². The lowest BCUT2D eigenvalue weighted by Crippen LogP contribution is -2.19. The van der Waals surface area contributed by atoms with Gasteiger partial charge in [0, 0.05) is 5.69 Å². The lowest BCUT2D eigenvalue weighted by atomic mass is 10.3. The Balaban J connectivity index is 2.48. The smallest absolute Gasteiger partial charge is 0.316 e. The number of carbonyl (C=O) groups is 1. The number of halogens is 1. The molecule has 0 saturated heterocycles. The molecule has 16 heavy (non-hydrogen) atoms. The van der Waals surface area contributed by atoms with E-state index in [2.05, 4.69) is 17.2 Å². The first-order chi connectivity index (χ1) is 7.72. The number of hydrogen-bond donors (Lipinski definition) is 2. The first-order valence-electron chi connectivity index (χ1n) is 4.53. The van der Waals surface area contributed by atoms with Gasteiger partial charge in [-0.2, -0.15) is 0 Å². The zero-order chi connectivity index (χ0) is 11.8. The van der Waals surface area contributed by atoms with Crippen LogP contribution in [0.1, 0.15) is 0 Å². The normalized spacial score (nSPS) is 8.81. The van der Waals surface area contributed by atoms with Gasteiger partial charge in [-0.1, -0.05) is 11.8 Å². The van der Waals surface area contributed by atoms with Crippen molar-refractivity contribution in [3.8, 4) is 17.6 Å². The van der Waals surface area contributed by atoms with E-state index in [1.165, 1.54) is 0 Å². The molecule has 0 saturated carbocycles. The molecule has 0 aliphatic rings. The second kappa shape index (κ2) is 6.59. The minimum atomic E-state index is -0.596. The summed E-state index contributed by atoms with van der Waals surface area (Å²) in [5, 5.41) is 2.45. The Morgan fingerprint density at radius 2 is 2.06 bits per heavy atom. The summed E-state index contributed by atoms with van der Waals surface area (Å²) in [7, 11) is 0. The molecule has 0 aromatic heterocycles. The second-order valence-electron chi connectivity index (χ2n) is 2.79.